The minimum atomic E-state index is -1.03. The number of carboxylic acid groups (broad SMARTS) is 1. The summed E-state index contributed by atoms with van der Waals surface area (Å²) in [6, 6.07) is 0. The molecule has 0 saturated carbocycles. The number of hydrogen-bond donors (Lipinski definition) is 1. The van der Waals surface area contributed by atoms with Gasteiger partial charge in [0, 0.05) is 18.7 Å². The van der Waals surface area contributed by atoms with Crippen LogP contribution in [0.3, 0.4) is 0 Å². The number of rotatable bonds is 7. The van der Waals surface area contributed by atoms with E-state index >= 15 is 0 Å². The van der Waals surface area contributed by atoms with E-state index in [1.807, 2.05) is 0 Å². The van der Waals surface area contributed by atoms with Crippen LogP contribution in [0.1, 0.15) is 13.3 Å². The average Bonchev–Trinajstić information content (AvgIpc) is 2.15. The van der Waals surface area contributed by atoms with Crippen LogP contribution in [0.5, 0.6) is 0 Å². The van der Waals surface area contributed by atoms with Gasteiger partial charge in [0.1, 0.15) is 6.54 Å². The Morgan fingerprint density at radius 2 is 2.13 bits per heavy atom. The lowest BCUT2D eigenvalue weighted by Crippen LogP contribution is -2.19. The molecule has 0 heterocycles. The normalized spacial score (nSPS) is 10.0. The maximum atomic E-state index is 10.6. The lowest BCUT2D eigenvalue weighted by atomic mass is 10.5. The van der Waals surface area contributed by atoms with Gasteiger partial charge in [0.15, 0.2) is 0 Å². The minimum Gasteiger partial charge on any atom is -0.480 e. The van der Waals surface area contributed by atoms with Gasteiger partial charge in [-0.05, 0) is 5.22 Å². The Bertz CT molecular complexity index is 243. The summed E-state index contributed by atoms with van der Waals surface area (Å²) < 4.78 is 4.50. The van der Waals surface area contributed by atoms with E-state index in [9.17, 15) is 9.59 Å². The summed E-state index contributed by atoms with van der Waals surface area (Å²) in [5, 5.41) is 15.9. The summed E-state index contributed by atoms with van der Waals surface area (Å²) in [6.45, 7) is 1.02. The fourth-order valence-corrected chi connectivity index (χ4v) is 0.533. The van der Waals surface area contributed by atoms with Crippen molar-refractivity contribution in [2.24, 2.45) is 10.5 Å². The Morgan fingerprint density at radius 3 is 2.67 bits per heavy atom. The zero-order chi connectivity index (χ0) is 11.7. The standard InChI is InChI=1S/C7H13N3O5/c1-3-7(13)14-5-15-9-8-10(2)4-6(11)12/h3-5H2,1-2H3,(H,11,12)/b9-8-. The van der Waals surface area contributed by atoms with Crippen LogP contribution in [0.2, 0.25) is 0 Å². The third kappa shape index (κ3) is 8.47. The van der Waals surface area contributed by atoms with Crippen LogP contribution >= 0.6 is 0 Å². The first-order valence-corrected chi connectivity index (χ1v) is 4.17. The van der Waals surface area contributed by atoms with Gasteiger partial charge < -0.3 is 14.7 Å². The quantitative estimate of drug-likeness (QED) is 0.216. The first kappa shape index (κ1) is 13.1. The number of nitrogens with zero attached hydrogens (tertiary/aromatic N) is 3. The zero-order valence-corrected chi connectivity index (χ0v) is 8.54. The minimum absolute atomic E-state index is 0.249. The molecule has 8 nitrogen and oxygen atoms in total. The van der Waals surface area contributed by atoms with Gasteiger partial charge >= 0.3 is 11.9 Å². The van der Waals surface area contributed by atoms with Crippen LogP contribution in [0.4, 0.5) is 0 Å². The Labute approximate surface area is 86.4 Å². The molecular formula is C7H13N3O5. The molecule has 0 aromatic carbocycles. The lowest BCUT2D eigenvalue weighted by Gasteiger charge is -2.06. The molecule has 0 aliphatic heterocycles. The summed E-state index contributed by atoms with van der Waals surface area (Å²) in [7, 11) is 1.42. The fraction of sp³-hybridized carbons (Fsp3) is 0.714. The molecule has 0 aliphatic rings. The first-order valence-electron chi connectivity index (χ1n) is 4.17. The molecule has 0 bridgehead atoms. The molecule has 86 valence electrons. The van der Waals surface area contributed by atoms with E-state index in [2.05, 4.69) is 20.1 Å². The Balaban J connectivity index is 3.53. The summed E-state index contributed by atoms with van der Waals surface area (Å²) in [5.74, 6) is -1.45. The molecule has 0 spiro atoms. The number of aliphatic carboxylic acids is 1. The molecule has 0 atom stereocenters. The highest BCUT2D eigenvalue weighted by atomic mass is 16.8. The number of likely N-dealkylation sites (N-methyl/N-ethyl adjacent to an activating group) is 1. The first-order chi connectivity index (χ1) is 7.06. The third-order valence-corrected chi connectivity index (χ3v) is 1.17. The second-order valence-corrected chi connectivity index (χ2v) is 2.50. The predicted molar refractivity (Wildman–Crippen MR) is 47.5 cm³/mol. The second kappa shape index (κ2) is 7.54. The average molecular weight is 219 g/mol. The van der Waals surface area contributed by atoms with Gasteiger partial charge in [-0.2, -0.15) is 0 Å². The fourth-order valence-electron chi connectivity index (χ4n) is 0.533. The molecule has 8 heteroatoms. The van der Waals surface area contributed by atoms with Crippen molar-refractivity contribution in [1.29, 1.82) is 0 Å². The predicted octanol–water partition coefficient (Wildman–Crippen LogP) is 0.212. The highest BCUT2D eigenvalue weighted by Gasteiger charge is 2.00. The van der Waals surface area contributed by atoms with Gasteiger partial charge in [-0.3, -0.25) is 14.6 Å². The Kier molecular flexibility index (Phi) is 6.60. The second-order valence-electron chi connectivity index (χ2n) is 2.50. The SMILES string of the molecule is CCC(=O)OCO/N=N\N(C)CC(=O)O. The van der Waals surface area contributed by atoms with Crippen molar-refractivity contribution in [2.75, 3.05) is 20.4 Å². The van der Waals surface area contributed by atoms with Crippen LogP contribution < -0.4 is 0 Å². The van der Waals surface area contributed by atoms with Gasteiger partial charge in [-0.25, -0.2) is 0 Å². The lowest BCUT2D eigenvalue weighted by molar-refractivity contribution is -0.157. The van der Waals surface area contributed by atoms with Crippen LogP contribution in [-0.2, 0) is 19.2 Å². The van der Waals surface area contributed by atoms with E-state index in [0.717, 1.165) is 5.01 Å². The van der Waals surface area contributed by atoms with Gasteiger partial charge in [-0.15, -0.1) is 0 Å². The highest BCUT2D eigenvalue weighted by molar-refractivity contribution is 5.69. The molecule has 0 amide bonds. The maximum Gasteiger partial charge on any atom is 0.324 e. The molecule has 0 aromatic heterocycles. The van der Waals surface area contributed by atoms with Gasteiger partial charge in [0.2, 0.25) is 0 Å². The Morgan fingerprint density at radius 1 is 1.47 bits per heavy atom. The number of esters is 1. The van der Waals surface area contributed by atoms with Crippen molar-refractivity contribution in [2.45, 2.75) is 13.3 Å². The number of ether oxygens (including phenoxy) is 1. The van der Waals surface area contributed by atoms with Gasteiger partial charge in [0.25, 0.3) is 6.79 Å². The molecular weight excluding hydrogens is 206 g/mol. The molecule has 0 rings (SSSR count). The van der Waals surface area contributed by atoms with Gasteiger partial charge in [0.05, 0.1) is 0 Å². The maximum absolute atomic E-state index is 10.6. The highest BCUT2D eigenvalue weighted by Crippen LogP contribution is 1.89. The van der Waals surface area contributed by atoms with Crippen molar-refractivity contribution in [1.82, 2.24) is 5.01 Å². The molecule has 0 unspecified atom stereocenters. The number of carbonyl (C=O) groups is 2. The van der Waals surface area contributed by atoms with E-state index in [1.54, 1.807) is 6.92 Å². The zero-order valence-electron chi connectivity index (χ0n) is 8.54. The monoisotopic (exact) mass is 219 g/mol. The van der Waals surface area contributed by atoms with E-state index in [0.29, 0.717) is 0 Å². The van der Waals surface area contributed by atoms with Crippen molar-refractivity contribution in [3.8, 4) is 0 Å². The van der Waals surface area contributed by atoms with Crippen LogP contribution in [-0.4, -0.2) is 42.4 Å². The summed E-state index contributed by atoms with van der Waals surface area (Å²) in [5.41, 5.74) is 0. The Hall–Kier alpha value is -1.86. The summed E-state index contributed by atoms with van der Waals surface area (Å²) in [4.78, 5) is 25.2. The third-order valence-electron chi connectivity index (χ3n) is 1.17. The van der Waals surface area contributed by atoms with E-state index in [1.165, 1.54) is 7.05 Å². The van der Waals surface area contributed by atoms with E-state index in [4.69, 9.17) is 5.11 Å². The summed E-state index contributed by atoms with van der Waals surface area (Å²) in [6.07, 6.45) is 0.249. The van der Waals surface area contributed by atoms with E-state index in [-0.39, 0.29) is 19.8 Å². The molecule has 0 saturated heterocycles. The van der Waals surface area contributed by atoms with Crippen molar-refractivity contribution < 1.29 is 24.3 Å². The topological polar surface area (TPSA) is 101 Å². The van der Waals surface area contributed by atoms with Gasteiger partial charge in [-0.1, -0.05) is 6.92 Å². The van der Waals surface area contributed by atoms with Crippen molar-refractivity contribution >= 4 is 11.9 Å². The molecule has 0 radical (unpaired) electrons. The largest absolute Gasteiger partial charge is 0.480 e. The summed E-state index contributed by atoms with van der Waals surface area (Å²) >= 11 is 0. The molecule has 0 aromatic rings. The smallest absolute Gasteiger partial charge is 0.324 e. The molecule has 1 N–H and O–H groups in total. The van der Waals surface area contributed by atoms with Crippen LogP contribution in [0, 0.1) is 0 Å². The number of hydrogen-bond acceptors (Lipinski definition) is 6. The number of carbonyl (C=O) groups excluding carboxylic acids is 1. The van der Waals surface area contributed by atoms with E-state index < -0.39 is 11.9 Å². The molecule has 0 fully saturated rings. The van der Waals surface area contributed by atoms with Crippen LogP contribution in [0.15, 0.2) is 10.5 Å². The number of carboxylic acids is 1. The van der Waals surface area contributed by atoms with Crippen molar-refractivity contribution in [3.05, 3.63) is 0 Å². The van der Waals surface area contributed by atoms with Crippen molar-refractivity contribution in [3.63, 3.8) is 0 Å². The van der Waals surface area contributed by atoms with Crippen LogP contribution in [0.25, 0.3) is 0 Å². The molecule has 15 heavy (non-hydrogen) atoms. The molecule has 0 aliphatic carbocycles.